The van der Waals surface area contributed by atoms with Crippen molar-refractivity contribution in [3.63, 3.8) is 0 Å². The zero-order chi connectivity index (χ0) is 23.0. The maximum absolute atomic E-state index is 11.2. The van der Waals surface area contributed by atoms with Gasteiger partial charge in [0, 0.05) is 22.1 Å². The first kappa shape index (κ1) is 22.0. The number of benzene rings is 1. The summed E-state index contributed by atoms with van der Waals surface area (Å²) in [6, 6.07) is 10.9. The Labute approximate surface area is 191 Å². The first-order valence-corrected chi connectivity index (χ1v) is 11.4. The van der Waals surface area contributed by atoms with Crippen molar-refractivity contribution in [1.29, 1.82) is 5.26 Å². The molecule has 1 atom stereocenters. The number of nitro benzene ring substituents is 1. The second kappa shape index (κ2) is 8.36. The van der Waals surface area contributed by atoms with Gasteiger partial charge in [-0.1, -0.05) is 32.9 Å². The van der Waals surface area contributed by atoms with Crippen molar-refractivity contribution in [1.82, 2.24) is 0 Å². The summed E-state index contributed by atoms with van der Waals surface area (Å²) < 4.78 is 5.85. The van der Waals surface area contributed by atoms with Gasteiger partial charge in [0.25, 0.3) is 5.69 Å². The SMILES string of the molecule is Cc1ccc(-c2ccc(C=Nc3sc4c(c3C#N)CC[C@H](C(C)(C)C)C4)o2)cc1[N+](=O)[O-]. The smallest absolute Gasteiger partial charge is 0.273 e. The maximum atomic E-state index is 11.2. The second-order valence-electron chi connectivity index (χ2n) is 9.32. The van der Waals surface area contributed by atoms with Gasteiger partial charge in [0.05, 0.1) is 16.7 Å². The standard InChI is InChI=1S/C25H25N3O3S/c1-15-5-6-16(11-21(15)28(29)30)22-10-8-18(31-22)14-27-24-20(13-26)19-9-7-17(25(2,3)4)12-23(19)32-24/h5-6,8,10-11,14,17H,7,9,12H2,1-4H3/t17-/m0/s1. The van der Waals surface area contributed by atoms with E-state index in [1.807, 2.05) is 0 Å². The van der Waals surface area contributed by atoms with E-state index in [4.69, 9.17) is 4.42 Å². The molecule has 0 radical (unpaired) electrons. The lowest BCUT2D eigenvalue weighted by atomic mass is 9.72. The summed E-state index contributed by atoms with van der Waals surface area (Å²) in [4.78, 5) is 16.7. The Morgan fingerprint density at radius 1 is 1.31 bits per heavy atom. The first-order valence-electron chi connectivity index (χ1n) is 10.6. The molecule has 0 aliphatic heterocycles. The quantitative estimate of drug-likeness (QED) is 0.244. The molecule has 0 saturated heterocycles. The van der Waals surface area contributed by atoms with E-state index in [1.54, 1.807) is 48.7 Å². The number of nitriles is 1. The number of hydrogen-bond donors (Lipinski definition) is 0. The fourth-order valence-electron chi connectivity index (χ4n) is 4.18. The molecule has 7 heteroatoms. The van der Waals surface area contributed by atoms with E-state index < -0.39 is 4.92 Å². The average molecular weight is 448 g/mol. The minimum atomic E-state index is -0.393. The molecule has 2 aromatic heterocycles. The van der Waals surface area contributed by atoms with E-state index in [0.717, 1.165) is 29.8 Å². The summed E-state index contributed by atoms with van der Waals surface area (Å²) in [6.45, 7) is 8.53. The Morgan fingerprint density at radius 2 is 2.09 bits per heavy atom. The highest BCUT2D eigenvalue weighted by atomic mass is 32.1. The molecule has 6 nitrogen and oxygen atoms in total. The van der Waals surface area contributed by atoms with Crippen LogP contribution in [0, 0.1) is 39.7 Å². The molecular weight excluding hydrogens is 422 g/mol. The van der Waals surface area contributed by atoms with Crippen LogP contribution in [-0.4, -0.2) is 11.1 Å². The molecule has 0 amide bonds. The van der Waals surface area contributed by atoms with Crippen LogP contribution < -0.4 is 0 Å². The number of nitro groups is 1. The van der Waals surface area contributed by atoms with Crippen molar-refractivity contribution in [3.8, 4) is 17.4 Å². The largest absolute Gasteiger partial charge is 0.455 e. The Kier molecular flexibility index (Phi) is 5.74. The number of furan rings is 1. The van der Waals surface area contributed by atoms with Gasteiger partial charge in [-0.25, -0.2) is 4.99 Å². The molecule has 0 N–H and O–H groups in total. The van der Waals surface area contributed by atoms with E-state index in [2.05, 4.69) is 31.8 Å². The molecule has 1 aromatic carbocycles. The van der Waals surface area contributed by atoms with E-state index in [-0.39, 0.29) is 11.1 Å². The summed E-state index contributed by atoms with van der Waals surface area (Å²) >= 11 is 1.60. The molecule has 0 bridgehead atoms. The van der Waals surface area contributed by atoms with Gasteiger partial charge in [-0.2, -0.15) is 5.26 Å². The normalized spacial score (nSPS) is 16.2. The third-order valence-corrected chi connectivity index (χ3v) is 7.37. The third-order valence-electron chi connectivity index (χ3n) is 6.21. The zero-order valence-corrected chi connectivity index (χ0v) is 19.5. The number of aryl methyl sites for hydroxylation is 1. The molecule has 164 valence electrons. The number of thiophene rings is 1. The van der Waals surface area contributed by atoms with Crippen LogP contribution in [0.25, 0.3) is 11.3 Å². The predicted molar refractivity (Wildman–Crippen MR) is 127 cm³/mol. The van der Waals surface area contributed by atoms with Crippen molar-refractivity contribution in [2.45, 2.75) is 47.0 Å². The summed E-state index contributed by atoms with van der Waals surface area (Å²) in [6.07, 6.45) is 4.62. The van der Waals surface area contributed by atoms with Crippen molar-refractivity contribution < 1.29 is 9.34 Å². The lowest BCUT2D eigenvalue weighted by molar-refractivity contribution is -0.385. The minimum Gasteiger partial charge on any atom is -0.455 e. The predicted octanol–water partition coefficient (Wildman–Crippen LogP) is 7.00. The highest BCUT2D eigenvalue weighted by Crippen LogP contribution is 2.44. The van der Waals surface area contributed by atoms with Crippen LogP contribution in [0.5, 0.6) is 0 Å². The van der Waals surface area contributed by atoms with Gasteiger partial charge >= 0.3 is 0 Å². The molecule has 3 aromatic rings. The number of hydrogen-bond acceptors (Lipinski definition) is 6. The molecule has 1 aliphatic rings. The maximum Gasteiger partial charge on any atom is 0.273 e. The van der Waals surface area contributed by atoms with Gasteiger partial charge in [0.15, 0.2) is 0 Å². The summed E-state index contributed by atoms with van der Waals surface area (Å²) in [5, 5.41) is 21.7. The monoisotopic (exact) mass is 447 g/mol. The lowest BCUT2D eigenvalue weighted by Gasteiger charge is -2.33. The Morgan fingerprint density at radius 3 is 2.78 bits per heavy atom. The molecule has 1 aliphatic carbocycles. The number of fused-ring (bicyclic) bond motifs is 1. The number of nitrogens with zero attached hydrogens (tertiary/aromatic N) is 3. The van der Waals surface area contributed by atoms with E-state index in [1.165, 1.54) is 10.9 Å². The fourth-order valence-corrected chi connectivity index (χ4v) is 5.40. The molecule has 32 heavy (non-hydrogen) atoms. The van der Waals surface area contributed by atoms with E-state index in [0.29, 0.717) is 34.1 Å². The van der Waals surface area contributed by atoms with Crippen molar-refractivity contribution in [2.24, 2.45) is 16.3 Å². The van der Waals surface area contributed by atoms with Gasteiger partial charge < -0.3 is 4.42 Å². The average Bonchev–Trinajstić information content (AvgIpc) is 3.35. The molecule has 0 unspecified atom stereocenters. The van der Waals surface area contributed by atoms with Crippen LogP contribution in [0.3, 0.4) is 0 Å². The van der Waals surface area contributed by atoms with Gasteiger partial charge in [-0.15, -0.1) is 11.3 Å². The molecule has 2 heterocycles. The second-order valence-corrected chi connectivity index (χ2v) is 10.4. The van der Waals surface area contributed by atoms with Gasteiger partial charge in [-0.3, -0.25) is 10.1 Å². The molecule has 0 fully saturated rings. The summed E-state index contributed by atoms with van der Waals surface area (Å²) in [5.41, 5.74) is 3.37. The number of aliphatic imine (C=N–C) groups is 1. The van der Waals surface area contributed by atoms with Crippen molar-refractivity contribution in [2.75, 3.05) is 0 Å². The Bertz CT molecular complexity index is 1250. The van der Waals surface area contributed by atoms with Crippen LogP contribution in [0.1, 0.15) is 54.5 Å². The van der Waals surface area contributed by atoms with E-state index in [9.17, 15) is 15.4 Å². The third kappa shape index (κ3) is 4.23. The fraction of sp³-hybridized carbons (Fsp3) is 0.360. The van der Waals surface area contributed by atoms with Crippen molar-refractivity contribution >= 4 is 28.2 Å². The summed E-state index contributed by atoms with van der Waals surface area (Å²) in [5.74, 6) is 1.67. The van der Waals surface area contributed by atoms with Crippen molar-refractivity contribution in [3.05, 3.63) is 67.8 Å². The van der Waals surface area contributed by atoms with E-state index >= 15 is 0 Å². The topological polar surface area (TPSA) is 92.4 Å². The van der Waals surface area contributed by atoms with Gasteiger partial charge in [0.1, 0.15) is 22.6 Å². The number of rotatable bonds is 4. The Balaban J connectivity index is 1.59. The highest BCUT2D eigenvalue weighted by molar-refractivity contribution is 7.16. The molecular formula is C25H25N3O3S. The molecule has 0 spiro atoms. The van der Waals surface area contributed by atoms with Gasteiger partial charge in [-0.05, 0) is 55.2 Å². The van der Waals surface area contributed by atoms with Crippen LogP contribution >= 0.6 is 11.3 Å². The minimum absolute atomic E-state index is 0.0607. The van der Waals surface area contributed by atoms with Crippen LogP contribution in [0.15, 0.2) is 39.7 Å². The summed E-state index contributed by atoms with van der Waals surface area (Å²) in [7, 11) is 0. The first-order chi connectivity index (χ1) is 15.2. The van der Waals surface area contributed by atoms with Gasteiger partial charge in [0.2, 0.25) is 0 Å². The van der Waals surface area contributed by atoms with Crippen LogP contribution in [0.4, 0.5) is 10.7 Å². The zero-order valence-electron chi connectivity index (χ0n) is 18.6. The van der Waals surface area contributed by atoms with Crippen LogP contribution in [0.2, 0.25) is 0 Å². The molecule has 4 rings (SSSR count). The lowest BCUT2D eigenvalue weighted by Crippen LogP contribution is -2.26. The highest BCUT2D eigenvalue weighted by Gasteiger charge is 2.32. The van der Waals surface area contributed by atoms with Crippen LogP contribution in [-0.2, 0) is 12.8 Å². The molecule has 0 saturated carbocycles. The Hall–Kier alpha value is -3.24.